The largest absolute Gasteiger partial charge is 0.497 e. The number of benzene rings is 2. The molecule has 0 radical (unpaired) electrons. The van der Waals surface area contributed by atoms with Gasteiger partial charge in [0.1, 0.15) is 11.5 Å². The van der Waals surface area contributed by atoms with E-state index in [-0.39, 0.29) is 0 Å². The van der Waals surface area contributed by atoms with Crippen molar-refractivity contribution in [2.45, 2.75) is 6.92 Å². The predicted octanol–water partition coefficient (Wildman–Crippen LogP) is 4.18. The second kappa shape index (κ2) is 6.10. The zero-order valence-electron chi connectivity index (χ0n) is 11.5. The normalized spacial score (nSPS) is 10.7. The van der Waals surface area contributed by atoms with Crippen molar-refractivity contribution in [1.29, 1.82) is 0 Å². The Kier molecular flexibility index (Phi) is 4.24. The van der Waals surface area contributed by atoms with Gasteiger partial charge in [-0.15, -0.1) is 0 Å². The lowest BCUT2D eigenvalue weighted by Gasteiger charge is -2.05. The molecule has 0 saturated carbocycles. The number of hydrogen-bond donors (Lipinski definition) is 0. The van der Waals surface area contributed by atoms with Crippen molar-refractivity contribution in [3.8, 4) is 11.5 Å². The van der Waals surface area contributed by atoms with Crippen molar-refractivity contribution >= 4 is 12.2 Å². The Morgan fingerprint density at radius 1 is 0.789 bits per heavy atom. The quantitative estimate of drug-likeness (QED) is 0.762. The van der Waals surface area contributed by atoms with Crippen LogP contribution < -0.4 is 9.47 Å². The maximum absolute atomic E-state index is 5.25. The molecule has 0 aliphatic rings. The first-order valence-corrected chi connectivity index (χ1v) is 6.19. The minimum absolute atomic E-state index is 0.795. The summed E-state index contributed by atoms with van der Waals surface area (Å²) in [5, 5.41) is 0. The third-order valence-corrected chi connectivity index (χ3v) is 2.88. The Bertz CT molecular complexity index is 563. The summed E-state index contributed by atoms with van der Waals surface area (Å²) in [7, 11) is 3.31. The second-order valence-corrected chi connectivity index (χ2v) is 4.39. The molecule has 2 aromatic carbocycles. The summed E-state index contributed by atoms with van der Waals surface area (Å²) in [5.41, 5.74) is 3.49. The highest BCUT2D eigenvalue weighted by molar-refractivity contribution is 5.71. The summed E-state index contributed by atoms with van der Waals surface area (Å²) in [6.07, 6.45) is 4.14. The molecule has 0 heterocycles. The van der Waals surface area contributed by atoms with Crippen LogP contribution >= 0.6 is 0 Å². The first-order valence-electron chi connectivity index (χ1n) is 6.19. The Morgan fingerprint density at radius 3 is 2.00 bits per heavy atom. The van der Waals surface area contributed by atoms with Gasteiger partial charge in [-0.1, -0.05) is 42.0 Å². The van der Waals surface area contributed by atoms with Crippen LogP contribution in [0.15, 0.2) is 42.5 Å². The van der Waals surface area contributed by atoms with E-state index in [9.17, 15) is 0 Å². The average molecular weight is 254 g/mol. The number of rotatable bonds is 4. The summed E-state index contributed by atoms with van der Waals surface area (Å²) in [6, 6.07) is 14.2. The Balaban J connectivity index is 2.27. The van der Waals surface area contributed by atoms with Crippen molar-refractivity contribution in [3.05, 3.63) is 59.2 Å². The number of methoxy groups -OCH3 is 2. The number of aryl methyl sites for hydroxylation is 1. The molecule has 0 bridgehead atoms. The maximum atomic E-state index is 5.25. The third kappa shape index (κ3) is 3.62. The fourth-order valence-corrected chi connectivity index (χ4v) is 1.89. The van der Waals surface area contributed by atoms with Crippen molar-refractivity contribution in [1.82, 2.24) is 0 Å². The molecule has 2 aromatic rings. The number of hydrogen-bond acceptors (Lipinski definition) is 2. The van der Waals surface area contributed by atoms with E-state index >= 15 is 0 Å². The highest BCUT2D eigenvalue weighted by Crippen LogP contribution is 2.23. The highest BCUT2D eigenvalue weighted by atomic mass is 16.5. The number of ether oxygens (including phenoxy) is 2. The van der Waals surface area contributed by atoms with Crippen LogP contribution in [0.1, 0.15) is 16.7 Å². The van der Waals surface area contributed by atoms with Crippen molar-refractivity contribution in [2.24, 2.45) is 0 Å². The van der Waals surface area contributed by atoms with E-state index < -0.39 is 0 Å². The minimum Gasteiger partial charge on any atom is -0.497 e. The molecule has 2 rings (SSSR count). The summed E-state index contributed by atoms with van der Waals surface area (Å²) in [6.45, 7) is 2.09. The topological polar surface area (TPSA) is 18.5 Å². The van der Waals surface area contributed by atoms with E-state index in [1.807, 2.05) is 18.2 Å². The molecular formula is C17H18O2. The van der Waals surface area contributed by atoms with Gasteiger partial charge in [-0.3, -0.25) is 0 Å². The van der Waals surface area contributed by atoms with Gasteiger partial charge in [-0.25, -0.2) is 0 Å². The van der Waals surface area contributed by atoms with Crippen molar-refractivity contribution in [2.75, 3.05) is 14.2 Å². The van der Waals surface area contributed by atoms with Crippen LogP contribution in [0.3, 0.4) is 0 Å². The van der Waals surface area contributed by atoms with Crippen LogP contribution in [-0.2, 0) is 0 Å². The van der Waals surface area contributed by atoms with E-state index in [1.165, 1.54) is 11.1 Å². The standard InChI is InChI=1S/C17H18O2/c1-13-5-4-6-14(9-13)7-8-15-10-16(18-2)12-17(11-15)19-3/h4-12H,1-3H3/b8-7+. The fraction of sp³-hybridized carbons (Fsp3) is 0.176. The Hall–Kier alpha value is -2.22. The highest BCUT2D eigenvalue weighted by Gasteiger charge is 1.99. The molecule has 0 amide bonds. The lowest BCUT2D eigenvalue weighted by molar-refractivity contribution is 0.394. The summed E-state index contributed by atoms with van der Waals surface area (Å²) < 4.78 is 10.5. The molecule has 0 atom stereocenters. The van der Waals surface area contributed by atoms with Gasteiger partial charge < -0.3 is 9.47 Å². The van der Waals surface area contributed by atoms with Gasteiger partial charge in [0.2, 0.25) is 0 Å². The van der Waals surface area contributed by atoms with Gasteiger partial charge in [0, 0.05) is 6.07 Å². The first-order chi connectivity index (χ1) is 9.21. The van der Waals surface area contributed by atoms with Gasteiger partial charge in [0.05, 0.1) is 14.2 Å². The van der Waals surface area contributed by atoms with Gasteiger partial charge >= 0.3 is 0 Å². The summed E-state index contributed by atoms with van der Waals surface area (Å²) >= 11 is 0. The molecule has 0 saturated heterocycles. The fourth-order valence-electron chi connectivity index (χ4n) is 1.89. The van der Waals surface area contributed by atoms with Crippen LogP contribution in [0, 0.1) is 6.92 Å². The van der Waals surface area contributed by atoms with Crippen LogP contribution in [0.25, 0.3) is 12.2 Å². The molecule has 98 valence electrons. The first kappa shape index (κ1) is 13.2. The SMILES string of the molecule is COc1cc(/C=C/c2cccc(C)c2)cc(OC)c1. The van der Waals surface area contributed by atoms with E-state index in [1.54, 1.807) is 14.2 Å². The smallest absolute Gasteiger partial charge is 0.123 e. The zero-order valence-corrected chi connectivity index (χ0v) is 11.5. The van der Waals surface area contributed by atoms with Crippen LogP contribution in [0.2, 0.25) is 0 Å². The van der Waals surface area contributed by atoms with Crippen LogP contribution in [0.4, 0.5) is 0 Å². The minimum atomic E-state index is 0.795. The molecule has 19 heavy (non-hydrogen) atoms. The van der Waals surface area contributed by atoms with Gasteiger partial charge in [-0.2, -0.15) is 0 Å². The predicted molar refractivity (Wildman–Crippen MR) is 79.7 cm³/mol. The van der Waals surface area contributed by atoms with E-state index in [2.05, 4.69) is 43.3 Å². The van der Waals surface area contributed by atoms with Crippen molar-refractivity contribution in [3.63, 3.8) is 0 Å². The van der Waals surface area contributed by atoms with Gasteiger partial charge in [0.25, 0.3) is 0 Å². The molecule has 0 aliphatic heterocycles. The molecule has 2 heteroatoms. The Morgan fingerprint density at radius 2 is 1.42 bits per heavy atom. The van der Waals surface area contributed by atoms with E-state index in [4.69, 9.17) is 9.47 Å². The summed E-state index contributed by atoms with van der Waals surface area (Å²) in [4.78, 5) is 0. The maximum Gasteiger partial charge on any atom is 0.123 e. The molecule has 2 nitrogen and oxygen atoms in total. The lowest BCUT2D eigenvalue weighted by atomic mass is 10.1. The third-order valence-electron chi connectivity index (χ3n) is 2.88. The summed E-state index contributed by atoms with van der Waals surface area (Å²) in [5.74, 6) is 1.59. The van der Waals surface area contributed by atoms with Gasteiger partial charge in [-0.05, 0) is 30.2 Å². The van der Waals surface area contributed by atoms with Crippen LogP contribution in [-0.4, -0.2) is 14.2 Å². The van der Waals surface area contributed by atoms with E-state index in [0.29, 0.717) is 0 Å². The lowest BCUT2D eigenvalue weighted by Crippen LogP contribution is -1.88. The second-order valence-electron chi connectivity index (χ2n) is 4.39. The molecule has 0 N–H and O–H groups in total. The molecule has 0 spiro atoms. The van der Waals surface area contributed by atoms with Crippen LogP contribution in [0.5, 0.6) is 11.5 Å². The van der Waals surface area contributed by atoms with Crippen molar-refractivity contribution < 1.29 is 9.47 Å². The molecule has 0 aromatic heterocycles. The zero-order chi connectivity index (χ0) is 13.7. The molecule has 0 fully saturated rings. The Labute approximate surface area is 114 Å². The molecule has 0 aliphatic carbocycles. The van der Waals surface area contributed by atoms with E-state index in [0.717, 1.165) is 17.1 Å². The monoisotopic (exact) mass is 254 g/mol. The van der Waals surface area contributed by atoms with Gasteiger partial charge in [0.15, 0.2) is 0 Å². The molecular weight excluding hydrogens is 236 g/mol. The molecule has 0 unspecified atom stereocenters. The average Bonchev–Trinajstić information content (AvgIpc) is 2.44.